The predicted octanol–water partition coefficient (Wildman–Crippen LogP) is 5.80. The molecule has 0 aromatic heterocycles. The van der Waals surface area contributed by atoms with Gasteiger partial charge in [-0.05, 0) is 49.2 Å². The summed E-state index contributed by atoms with van der Waals surface area (Å²) >= 11 is 0. The minimum atomic E-state index is -1.97. The second-order valence-electron chi connectivity index (χ2n) is 7.31. The third kappa shape index (κ3) is 3.40. The fourth-order valence-corrected chi connectivity index (χ4v) is 9.24. The smallest absolute Gasteiger partial charge is 0.143 e. The Hall–Kier alpha value is -2.37. The SMILES string of the molecule is COC1=C([P+](c2ccccc2)(c2ccccc2)c2ccccc2)CCCCC1. The van der Waals surface area contributed by atoms with Gasteiger partial charge < -0.3 is 4.74 Å². The lowest BCUT2D eigenvalue weighted by Gasteiger charge is -2.30. The maximum Gasteiger partial charge on any atom is 0.143 e. The molecular formula is C26H28OP+. The van der Waals surface area contributed by atoms with E-state index in [1.165, 1.54) is 46.2 Å². The monoisotopic (exact) mass is 387 g/mol. The number of methoxy groups -OCH3 is 1. The molecular weight excluding hydrogens is 359 g/mol. The summed E-state index contributed by atoms with van der Waals surface area (Å²) in [5.41, 5.74) is 0. The van der Waals surface area contributed by atoms with E-state index in [2.05, 4.69) is 91.0 Å². The van der Waals surface area contributed by atoms with Gasteiger partial charge in [0.2, 0.25) is 0 Å². The molecule has 2 heteroatoms. The highest BCUT2D eigenvalue weighted by Gasteiger charge is 2.51. The second-order valence-corrected chi connectivity index (χ2v) is 10.7. The van der Waals surface area contributed by atoms with Crippen molar-refractivity contribution in [1.29, 1.82) is 0 Å². The van der Waals surface area contributed by atoms with Crippen LogP contribution in [0.15, 0.2) is 102 Å². The van der Waals surface area contributed by atoms with Crippen molar-refractivity contribution in [3.63, 3.8) is 0 Å². The van der Waals surface area contributed by atoms with Crippen LogP contribution in [0, 0.1) is 0 Å². The predicted molar refractivity (Wildman–Crippen MR) is 122 cm³/mol. The maximum absolute atomic E-state index is 6.06. The van der Waals surface area contributed by atoms with Crippen LogP contribution < -0.4 is 15.9 Å². The summed E-state index contributed by atoms with van der Waals surface area (Å²) in [5.74, 6) is 1.21. The van der Waals surface area contributed by atoms with Gasteiger partial charge in [-0.2, -0.15) is 0 Å². The summed E-state index contributed by atoms with van der Waals surface area (Å²) in [6, 6.07) is 33.3. The first-order chi connectivity index (χ1) is 13.9. The molecule has 28 heavy (non-hydrogen) atoms. The van der Waals surface area contributed by atoms with Crippen LogP contribution >= 0.6 is 7.26 Å². The van der Waals surface area contributed by atoms with E-state index in [1.807, 2.05) is 7.11 Å². The molecule has 3 aromatic carbocycles. The summed E-state index contributed by atoms with van der Waals surface area (Å²) in [6.45, 7) is 0. The van der Waals surface area contributed by atoms with Crippen molar-refractivity contribution in [2.75, 3.05) is 7.11 Å². The zero-order valence-electron chi connectivity index (χ0n) is 16.6. The molecule has 0 fully saturated rings. The van der Waals surface area contributed by atoms with Gasteiger partial charge in [-0.15, -0.1) is 0 Å². The summed E-state index contributed by atoms with van der Waals surface area (Å²) < 4.78 is 6.06. The van der Waals surface area contributed by atoms with Gasteiger partial charge in [0.1, 0.15) is 34.2 Å². The normalized spacial score (nSPS) is 15.2. The van der Waals surface area contributed by atoms with E-state index in [9.17, 15) is 0 Å². The first kappa shape index (κ1) is 19.0. The van der Waals surface area contributed by atoms with Gasteiger partial charge in [-0.25, -0.2) is 0 Å². The Morgan fingerprint density at radius 3 is 1.43 bits per heavy atom. The Bertz CT molecular complexity index is 820. The Kier molecular flexibility index (Phi) is 5.93. The molecule has 1 aliphatic rings. The topological polar surface area (TPSA) is 9.23 Å². The standard InChI is InChI=1S/C26H28OP/c1-27-25-20-12-5-13-21-26(25)28(22-14-6-2-7-15-22,23-16-8-3-9-17-23)24-18-10-4-11-19-24/h2-4,6-11,14-19H,5,12-13,20-21H2,1H3/q+1. The molecule has 142 valence electrons. The molecule has 0 saturated carbocycles. The molecule has 0 radical (unpaired) electrons. The maximum atomic E-state index is 6.06. The Morgan fingerprint density at radius 2 is 1.00 bits per heavy atom. The molecule has 0 aliphatic heterocycles. The van der Waals surface area contributed by atoms with Crippen molar-refractivity contribution < 1.29 is 4.74 Å². The van der Waals surface area contributed by atoms with E-state index in [1.54, 1.807) is 0 Å². The summed E-state index contributed by atoms with van der Waals surface area (Å²) in [4.78, 5) is 0. The van der Waals surface area contributed by atoms with Crippen LogP contribution in [0.3, 0.4) is 0 Å². The zero-order valence-corrected chi connectivity index (χ0v) is 17.4. The Balaban J connectivity index is 2.11. The van der Waals surface area contributed by atoms with Gasteiger partial charge in [0, 0.05) is 12.8 Å². The lowest BCUT2D eigenvalue weighted by Crippen LogP contribution is -2.33. The van der Waals surface area contributed by atoms with Crippen LogP contribution in [0.5, 0.6) is 0 Å². The average molecular weight is 387 g/mol. The van der Waals surface area contributed by atoms with Crippen molar-refractivity contribution >= 4 is 23.2 Å². The molecule has 4 rings (SSSR count). The third-order valence-corrected chi connectivity index (χ3v) is 10.2. The van der Waals surface area contributed by atoms with Crippen LogP contribution in [0.2, 0.25) is 0 Å². The highest BCUT2D eigenvalue weighted by atomic mass is 31.2. The van der Waals surface area contributed by atoms with Crippen LogP contribution in [0.25, 0.3) is 0 Å². The molecule has 0 heterocycles. The summed E-state index contributed by atoms with van der Waals surface area (Å²) in [5, 5.41) is 5.77. The van der Waals surface area contributed by atoms with Gasteiger partial charge in [0.05, 0.1) is 7.11 Å². The third-order valence-electron chi connectivity index (χ3n) is 5.72. The van der Waals surface area contributed by atoms with Crippen molar-refractivity contribution in [3.05, 3.63) is 102 Å². The van der Waals surface area contributed by atoms with E-state index in [-0.39, 0.29) is 0 Å². The van der Waals surface area contributed by atoms with Crippen molar-refractivity contribution in [2.24, 2.45) is 0 Å². The number of ether oxygens (including phenoxy) is 1. The quantitative estimate of drug-likeness (QED) is 0.503. The molecule has 0 unspecified atom stereocenters. The molecule has 1 aliphatic carbocycles. The van der Waals surface area contributed by atoms with E-state index >= 15 is 0 Å². The van der Waals surface area contributed by atoms with Gasteiger partial charge in [0.25, 0.3) is 0 Å². The molecule has 0 amide bonds. The van der Waals surface area contributed by atoms with Crippen LogP contribution in [-0.4, -0.2) is 7.11 Å². The van der Waals surface area contributed by atoms with Crippen molar-refractivity contribution in [1.82, 2.24) is 0 Å². The van der Waals surface area contributed by atoms with Gasteiger partial charge in [0.15, 0.2) is 0 Å². The fourth-order valence-electron chi connectivity index (χ4n) is 4.48. The molecule has 0 bridgehead atoms. The minimum absolute atomic E-state index is 1.04. The van der Waals surface area contributed by atoms with Gasteiger partial charge >= 0.3 is 0 Å². The Morgan fingerprint density at radius 1 is 0.571 bits per heavy atom. The highest BCUT2D eigenvalue weighted by Crippen LogP contribution is 2.65. The number of rotatable bonds is 5. The molecule has 3 aromatic rings. The van der Waals surface area contributed by atoms with Crippen molar-refractivity contribution in [2.45, 2.75) is 32.1 Å². The van der Waals surface area contributed by atoms with Gasteiger partial charge in [-0.1, -0.05) is 61.0 Å². The molecule has 1 nitrogen and oxygen atoms in total. The number of benzene rings is 3. The summed E-state index contributed by atoms with van der Waals surface area (Å²) in [7, 11) is -0.117. The lowest BCUT2D eigenvalue weighted by molar-refractivity contribution is 0.274. The first-order valence-electron chi connectivity index (χ1n) is 10.2. The van der Waals surface area contributed by atoms with Crippen LogP contribution in [0.4, 0.5) is 0 Å². The second kappa shape index (κ2) is 8.76. The molecule has 0 saturated heterocycles. The molecule has 0 atom stereocenters. The number of allylic oxidation sites excluding steroid dienone is 2. The highest BCUT2D eigenvalue weighted by molar-refractivity contribution is 7.99. The lowest BCUT2D eigenvalue weighted by atomic mass is 10.2. The van der Waals surface area contributed by atoms with Crippen LogP contribution in [0.1, 0.15) is 32.1 Å². The molecule has 0 spiro atoms. The largest absolute Gasteiger partial charge is 0.497 e. The van der Waals surface area contributed by atoms with E-state index in [0.29, 0.717) is 0 Å². The minimum Gasteiger partial charge on any atom is -0.497 e. The van der Waals surface area contributed by atoms with E-state index in [4.69, 9.17) is 4.74 Å². The number of hydrogen-bond donors (Lipinski definition) is 0. The fraction of sp³-hybridized carbons (Fsp3) is 0.231. The zero-order chi connectivity index (χ0) is 19.2. The Labute approximate surface area is 169 Å². The first-order valence-corrected chi connectivity index (χ1v) is 12.0. The van der Waals surface area contributed by atoms with Gasteiger partial charge in [-0.3, -0.25) is 0 Å². The average Bonchev–Trinajstić information content (AvgIpc) is 3.03. The van der Waals surface area contributed by atoms with Crippen LogP contribution in [-0.2, 0) is 4.74 Å². The number of hydrogen-bond acceptors (Lipinski definition) is 1. The molecule has 0 N–H and O–H groups in total. The van der Waals surface area contributed by atoms with E-state index < -0.39 is 7.26 Å². The summed E-state index contributed by atoms with van der Waals surface area (Å²) in [6.07, 6.45) is 5.87. The van der Waals surface area contributed by atoms with Crippen molar-refractivity contribution in [3.8, 4) is 0 Å². The van der Waals surface area contributed by atoms with E-state index in [0.717, 1.165) is 12.8 Å².